The Labute approximate surface area is 180 Å². The maximum atomic E-state index is 14.8. The number of aromatic hydroxyl groups is 1. The lowest BCUT2D eigenvalue weighted by atomic mass is 9.90. The zero-order valence-corrected chi connectivity index (χ0v) is 18.6. The predicted molar refractivity (Wildman–Crippen MR) is 117 cm³/mol. The number of carbonyl (C=O) groups excluding carboxylic acids is 1. The van der Waals surface area contributed by atoms with E-state index in [1.807, 2.05) is 6.92 Å². The van der Waals surface area contributed by atoms with Crippen LogP contribution in [-0.2, 0) is 17.1 Å². The van der Waals surface area contributed by atoms with E-state index in [0.717, 1.165) is 23.6 Å². The molecule has 3 rings (SSSR count). The van der Waals surface area contributed by atoms with Crippen LogP contribution in [0.25, 0.3) is 11.2 Å². The van der Waals surface area contributed by atoms with Crippen LogP contribution in [0.4, 0.5) is 8.78 Å². The number of aromatic nitrogens is 2. The number of carbonyl (C=O) groups is 1. The van der Waals surface area contributed by atoms with Crippen molar-refractivity contribution in [2.24, 2.45) is 5.73 Å². The van der Waals surface area contributed by atoms with Crippen LogP contribution in [-0.4, -0.2) is 20.4 Å². The van der Waals surface area contributed by atoms with E-state index in [9.17, 15) is 18.7 Å². The third kappa shape index (κ3) is 3.92. The second kappa shape index (κ2) is 7.80. The smallest absolute Gasteiger partial charge is 0.287 e. The molecule has 0 bridgehead atoms. The number of fused-ring (bicyclic) bond motifs is 1. The summed E-state index contributed by atoms with van der Waals surface area (Å²) in [6, 6.07) is 5.18. The van der Waals surface area contributed by atoms with Gasteiger partial charge in [0.1, 0.15) is 17.1 Å². The van der Waals surface area contributed by atoms with Crippen molar-refractivity contribution in [2.45, 2.75) is 53.9 Å². The highest BCUT2D eigenvalue weighted by atomic mass is 19.3. The van der Waals surface area contributed by atoms with Gasteiger partial charge in [-0.1, -0.05) is 11.6 Å². The van der Waals surface area contributed by atoms with Crippen molar-refractivity contribution in [3.05, 3.63) is 69.2 Å². The molecule has 164 valence electrons. The summed E-state index contributed by atoms with van der Waals surface area (Å²) >= 11 is 0. The van der Waals surface area contributed by atoms with Gasteiger partial charge in [0.25, 0.3) is 5.92 Å². The molecule has 2 aromatic heterocycles. The number of rotatable bonds is 5. The molecule has 0 fully saturated rings. The monoisotopic (exact) mass is 427 g/mol. The van der Waals surface area contributed by atoms with E-state index in [4.69, 9.17) is 5.73 Å². The minimum atomic E-state index is -3.30. The molecule has 0 saturated carbocycles. The van der Waals surface area contributed by atoms with Gasteiger partial charge in [-0.15, -0.1) is 0 Å². The third-order valence-corrected chi connectivity index (χ3v) is 5.65. The van der Waals surface area contributed by atoms with Crippen LogP contribution in [0.1, 0.15) is 60.0 Å². The molecule has 2 heterocycles. The van der Waals surface area contributed by atoms with Crippen LogP contribution in [0.3, 0.4) is 0 Å². The second-order valence-electron chi connectivity index (χ2n) is 8.28. The molecule has 0 aliphatic carbocycles. The number of halogens is 2. The zero-order chi connectivity index (χ0) is 23.2. The molecule has 1 amide bonds. The van der Waals surface area contributed by atoms with Gasteiger partial charge < -0.3 is 15.2 Å². The Kier molecular flexibility index (Phi) is 5.65. The Balaban J connectivity index is 2.52. The average Bonchev–Trinajstić information content (AvgIpc) is 3.02. The van der Waals surface area contributed by atoms with Crippen molar-refractivity contribution in [3.63, 3.8) is 0 Å². The number of phenols is 1. The topological polar surface area (TPSA) is 80.6 Å². The summed E-state index contributed by atoms with van der Waals surface area (Å²) in [7, 11) is 0. The van der Waals surface area contributed by atoms with Crippen molar-refractivity contribution in [2.75, 3.05) is 0 Å². The molecule has 3 N–H and O–H groups in total. The van der Waals surface area contributed by atoms with Gasteiger partial charge in [-0.3, -0.25) is 4.79 Å². The van der Waals surface area contributed by atoms with Crippen LogP contribution in [0, 0.1) is 20.8 Å². The molecule has 0 atom stereocenters. The largest absolute Gasteiger partial charge is 0.508 e. The lowest BCUT2D eigenvalue weighted by molar-refractivity contribution is -0.112. The molecule has 0 aliphatic rings. The van der Waals surface area contributed by atoms with Crippen LogP contribution in [0.15, 0.2) is 30.0 Å². The third-order valence-electron chi connectivity index (χ3n) is 5.65. The quantitative estimate of drug-likeness (QED) is 0.566. The van der Waals surface area contributed by atoms with E-state index in [2.05, 4.69) is 4.98 Å². The van der Waals surface area contributed by atoms with Gasteiger partial charge in [0.15, 0.2) is 0 Å². The van der Waals surface area contributed by atoms with Gasteiger partial charge in [0, 0.05) is 36.4 Å². The van der Waals surface area contributed by atoms with Crippen molar-refractivity contribution in [3.8, 4) is 5.75 Å². The molecular formula is C24H27F2N3O2. The fraction of sp³-hybridized carbons (Fsp3) is 0.333. The molecular weight excluding hydrogens is 400 g/mol. The van der Waals surface area contributed by atoms with Gasteiger partial charge in [0.05, 0.1) is 0 Å². The number of primary amides is 1. The number of phenolic OH excluding ortho intramolecular Hbond substituents is 1. The van der Waals surface area contributed by atoms with E-state index >= 15 is 0 Å². The number of amides is 1. The number of aryl methyl sites for hydroxylation is 2. The first-order valence-corrected chi connectivity index (χ1v) is 9.99. The molecule has 0 saturated heterocycles. The molecule has 1 aromatic carbocycles. The predicted octanol–water partition coefficient (Wildman–Crippen LogP) is 4.95. The van der Waals surface area contributed by atoms with E-state index in [-0.39, 0.29) is 23.3 Å². The standard InChI is InChI=1S/C24H27F2N3O2/c1-12(2)19(22(27)31)20-17(11-16-13(3)7-8-18(30)15(16)5)29-10-9-14(4)23(29)28-21(20)24(6,25)26/h7-10,30H,11H2,1-6H3,(H2,27,31). The number of allylic oxidation sites excluding steroid dienone is 1. The first-order chi connectivity index (χ1) is 14.3. The Hall–Kier alpha value is -3.22. The highest BCUT2D eigenvalue weighted by Gasteiger charge is 2.35. The van der Waals surface area contributed by atoms with Crippen LogP contribution in [0.2, 0.25) is 0 Å². The van der Waals surface area contributed by atoms with Gasteiger partial charge >= 0.3 is 0 Å². The number of benzene rings is 1. The minimum absolute atomic E-state index is 0.0303. The van der Waals surface area contributed by atoms with Crippen molar-refractivity contribution < 1.29 is 18.7 Å². The summed E-state index contributed by atoms with van der Waals surface area (Å²) in [5.74, 6) is -3.97. The lowest BCUT2D eigenvalue weighted by Gasteiger charge is -2.23. The Morgan fingerprint density at radius 1 is 1.16 bits per heavy atom. The summed E-state index contributed by atoms with van der Waals surface area (Å²) in [6.45, 7) is 9.57. The summed E-state index contributed by atoms with van der Waals surface area (Å²) in [5.41, 5.74) is 9.73. The van der Waals surface area contributed by atoms with Crippen molar-refractivity contribution in [1.29, 1.82) is 0 Å². The Morgan fingerprint density at radius 2 is 1.81 bits per heavy atom. The molecule has 5 nitrogen and oxygen atoms in total. The molecule has 3 aromatic rings. The maximum Gasteiger partial charge on any atom is 0.287 e. The highest BCUT2D eigenvalue weighted by molar-refractivity contribution is 6.20. The van der Waals surface area contributed by atoms with Gasteiger partial charge in [-0.2, -0.15) is 8.78 Å². The van der Waals surface area contributed by atoms with E-state index in [1.54, 1.807) is 56.5 Å². The van der Waals surface area contributed by atoms with Crippen molar-refractivity contribution >= 4 is 17.1 Å². The van der Waals surface area contributed by atoms with Crippen LogP contribution < -0.4 is 5.73 Å². The number of nitrogens with two attached hydrogens (primary N) is 1. The van der Waals surface area contributed by atoms with Crippen molar-refractivity contribution in [1.82, 2.24) is 9.38 Å². The number of hydrogen-bond acceptors (Lipinski definition) is 3. The van der Waals surface area contributed by atoms with Crippen LogP contribution >= 0.6 is 0 Å². The van der Waals surface area contributed by atoms with E-state index in [0.29, 0.717) is 22.5 Å². The molecule has 31 heavy (non-hydrogen) atoms. The van der Waals surface area contributed by atoms with E-state index < -0.39 is 17.5 Å². The van der Waals surface area contributed by atoms with Gasteiger partial charge in [-0.05, 0) is 69.0 Å². The zero-order valence-electron chi connectivity index (χ0n) is 18.6. The van der Waals surface area contributed by atoms with E-state index in [1.165, 1.54) is 0 Å². The fourth-order valence-electron chi connectivity index (χ4n) is 3.99. The Morgan fingerprint density at radius 3 is 2.35 bits per heavy atom. The first-order valence-electron chi connectivity index (χ1n) is 9.99. The first kappa shape index (κ1) is 22.5. The van der Waals surface area contributed by atoms with Gasteiger partial charge in [-0.25, -0.2) is 4.98 Å². The summed E-state index contributed by atoms with van der Waals surface area (Å²) in [6.07, 6.45) is 1.97. The molecule has 0 aliphatic heterocycles. The second-order valence-corrected chi connectivity index (χ2v) is 8.28. The lowest BCUT2D eigenvalue weighted by Crippen LogP contribution is -2.23. The number of hydrogen-bond donors (Lipinski definition) is 2. The Bertz CT molecular complexity index is 1230. The molecule has 7 heteroatoms. The minimum Gasteiger partial charge on any atom is -0.508 e. The number of alkyl halides is 2. The maximum absolute atomic E-state index is 14.8. The summed E-state index contributed by atoms with van der Waals surface area (Å²) in [4.78, 5) is 16.7. The number of nitrogens with zero attached hydrogens (tertiary/aromatic N) is 2. The SMILES string of the molecule is CC(C)=C(C(N)=O)c1c(C(C)(F)F)nc2c(C)ccn2c1Cc1c(C)ccc(O)c1C. The average molecular weight is 427 g/mol. The molecule has 0 radical (unpaired) electrons. The fourth-order valence-corrected chi connectivity index (χ4v) is 3.99. The summed E-state index contributed by atoms with van der Waals surface area (Å²) < 4.78 is 31.4. The highest BCUT2D eigenvalue weighted by Crippen LogP contribution is 2.38. The molecule has 0 spiro atoms. The van der Waals surface area contributed by atoms with Gasteiger partial charge in [0.2, 0.25) is 5.91 Å². The normalized spacial score (nSPS) is 11.7. The van der Waals surface area contributed by atoms with Crippen LogP contribution in [0.5, 0.6) is 5.75 Å². The molecule has 0 unspecified atom stereocenters. The summed E-state index contributed by atoms with van der Waals surface area (Å²) in [5, 5.41) is 10.2.